The number of carbonyl (C=O) groups is 1. The van der Waals surface area contributed by atoms with Crippen LogP contribution >= 0.6 is 0 Å². The molecule has 2 aromatic carbocycles. The zero-order chi connectivity index (χ0) is 22.0. The van der Waals surface area contributed by atoms with Crippen LogP contribution in [-0.4, -0.2) is 47.4 Å². The fourth-order valence-corrected chi connectivity index (χ4v) is 3.94. The molecule has 0 bridgehead atoms. The highest BCUT2D eigenvalue weighted by Gasteiger charge is 2.17. The molecule has 30 heavy (non-hydrogen) atoms. The van der Waals surface area contributed by atoms with Crippen LogP contribution in [0.5, 0.6) is 11.5 Å². The molecule has 2 rings (SSSR count). The van der Waals surface area contributed by atoms with Gasteiger partial charge in [-0.2, -0.15) is 0 Å². The van der Waals surface area contributed by atoms with Gasteiger partial charge in [-0.1, -0.05) is 12.1 Å². The summed E-state index contributed by atoms with van der Waals surface area (Å²) < 4.78 is 36.2. The Morgan fingerprint density at radius 2 is 1.67 bits per heavy atom. The molecular formula is C22H30N2O5S. The van der Waals surface area contributed by atoms with Crippen molar-refractivity contribution in [3.05, 3.63) is 54.1 Å². The molecular weight excluding hydrogens is 404 g/mol. The van der Waals surface area contributed by atoms with E-state index >= 15 is 0 Å². The summed E-state index contributed by atoms with van der Waals surface area (Å²) in [6.45, 7) is 3.19. The second kappa shape index (κ2) is 11.4. The van der Waals surface area contributed by atoms with Crippen LogP contribution in [0.3, 0.4) is 0 Å². The van der Waals surface area contributed by atoms with E-state index in [1.54, 1.807) is 31.4 Å². The minimum atomic E-state index is -3.45. The number of amides is 1. The monoisotopic (exact) mass is 434 g/mol. The van der Waals surface area contributed by atoms with Gasteiger partial charge in [-0.05, 0) is 61.7 Å². The van der Waals surface area contributed by atoms with Crippen molar-refractivity contribution >= 4 is 21.6 Å². The van der Waals surface area contributed by atoms with Crippen LogP contribution in [0.15, 0.2) is 48.5 Å². The number of anilines is 1. The molecule has 0 aromatic heterocycles. The van der Waals surface area contributed by atoms with Crippen molar-refractivity contribution in [3.8, 4) is 11.5 Å². The second-order valence-electron chi connectivity index (χ2n) is 6.81. The quantitative estimate of drug-likeness (QED) is 0.555. The summed E-state index contributed by atoms with van der Waals surface area (Å²) in [6, 6.07) is 14.6. The van der Waals surface area contributed by atoms with Crippen LogP contribution in [0.4, 0.5) is 5.69 Å². The molecule has 0 aliphatic heterocycles. The fourth-order valence-electron chi connectivity index (χ4n) is 2.97. The maximum absolute atomic E-state index is 12.2. The number of nitrogens with zero attached hydrogens (tertiary/aromatic N) is 1. The topological polar surface area (TPSA) is 84.9 Å². The molecule has 0 fully saturated rings. The Balaban J connectivity index is 1.80. The van der Waals surface area contributed by atoms with Crippen molar-refractivity contribution in [1.29, 1.82) is 0 Å². The average molecular weight is 435 g/mol. The lowest BCUT2D eigenvalue weighted by Gasteiger charge is -2.22. The van der Waals surface area contributed by atoms with Crippen LogP contribution in [-0.2, 0) is 21.2 Å². The van der Waals surface area contributed by atoms with Crippen LogP contribution in [0.1, 0.15) is 25.3 Å². The van der Waals surface area contributed by atoms with Gasteiger partial charge in [0.1, 0.15) is 11.5 Å². The Bertz CT molecular complexity index is 896. The van der Waals surface area contributed by atoms with E-state index in [4.69, 9.17) is 9.47 Å². The largest absolute Gasteiger partial charge is 0.497 e. The first-order chi connectivity index (χ1) is 14.3. The molecule has 0 unspecified atom stereocenters. The van der Waals surface area contributed by atoms with Crippen molar-refractivity contribution < 1.29 is 22.7 Å². The van der Waals surface area contributed by atoms with Gasteiger partial charge in [-0.15, -0.1) is 0 Å². The van der Waals surface area contributed by atoms with Gasteiger partial charge in [0.15, 0.2) is 0 Å². The Morgan fingerprint density at radius 1 is 1.03 bits per heavy atom. The first-order valence-electron chi connectivity index (χ1n) is 9.93. The van der Waals surface area contributed by atoms with Gasteiger partial charge in [0, 0.05) is 19.5 Å². The van der Waals surface area contributed by atoms with Gasteiger partial charge in [0.2, 0.25) is 15.9 Å². The van der Waals surface area contributed by atoms with E-state index in [0.29, 0.717) is 31.0 Å². The molecule has 0 saturated carbocycles. The summed E-state index contributed by atoms with van der Waals surface area (Å²) in [5.41, 5.74) is 1.66. The fraction of sp³-hybridized carbons (Fsp3) is 0.409. The summed E-state index contributed by atoms with van der Waals surface area (Å²) in [6.07, 6.45) is 2.57. The minimum Gasteiger partial charge on any atom is -0.497 e. The first kappa shape index (κ1) is 23.5. The normalized spacial score (nSPS) is 11.0. The van der Waals surface area contributed by atoms with E-state index in [0.717, 1.165) is 17.7 Å². The van der Waals surface area contributed by atoms with E-state index < -0.39 is 10.0 Å². The molecule has 164 valence electrons. The highest BCUT2D eigenvalue weighted by Crippen LogP contribution is 2.22. The molecule has 0 aliphatic carbocycles. The van der Waals surface area contributed by atoms with E-state index in [-0.39, 0.29) is 18.9 Å². The second-order valence-corrected chi connectivity index (χ2v) is 8.72. The molecule has 7 nitrogen and oxygen atoms in total. The third kappa shape index (κ3) is 7.59. The predicted molar refractivity (Wildman–Crippen MR) is 119 cm³/mol. The summed E-state index contributed by atoms with van der Waals surface area (Å²) in [7, 11) is -1.83. The van der Waals surface area contributed by atoms with E-state index in [1.165, 1.54) is 10.6 Å². The number of benzene rings is 2. The van der Waals surface area contributed by atoms with Gasteiger partial charge in [0.05, 0.1) is 25.7 Å². The molecule has 8 heteroatoms. The molecule has 0 heterocycles. The van der Waals surface area contributed by atoms with E-state index in [9.17, 15) is 13.2 Å². The van der Waals surface area contributed by atoms with Crippen molar-refractivity contribution in [3.63, 3.8) is 0 Å². The first-order valence-corrected chi connectivity index (χ1v) is 11.8. The molecule has 1 N–H and O–H groups in total. The average Bonchev–Trinajstić information content (AvgIpc) is 2.72. The van der Waals surface area contributed by atoms with Crippen molar-refractivity contribution in [2.24, 2.45) is 0 Å². The minimum absolute atomic E-state index is 0.0938. The number of carbonyl (C=O) groups excluding carboxylic acids is 1. The summed E-state index contributed by atoms with van der Waals surface area (Å²) in [5.74, 6) is 1.39. The van der Waals surface area contributed by atoms with Crippen molar-refractivity contribution in [2.75, 3.05) is 37.4 Å². The zero-order valence-electron chi connectivity index (χ0n) is 17.8. The predicted octanol–water partition coefficient (Wildman–Crippen LogP) is 3.00. The van der Waals surface area contributed by atoms with Gasteiger partial charge < -0.3 is 14.8 Å². The van der Waals surface area contributed by atoms with Gasteiger partial charge in [-0.3, -0.25) is 9.10 Å². The molecule has 0 saturated heterocycles. The molecule has 0 aliphatic rings. The van der Waals surface area contributed by atoms with Gasteiger partial charge in [-0.25, -0.2) is 8.42 Å². The Kier molecular flexibility index (Phi) is 8.98. The van der Waals surface area contributed by atoms with Crippen LogP contribution in [0.2, 0.25) is 0 Å². The maximum Gasteiger partial charge on any atom is 0.232 e. The third-order valence-corrected chi connectivity index (χ3v) is 5.69. The number of sulfonamides is 1. The number of hydrogen-bond acceptors (Lipinski definition) is 5. The highest BCUT2D eigenvalue weighted by atomic mass is 32.2. The zero-order valence-corrected chi connectivity index (χ0v) is 18.6. The van der Waals surface area contributed by atoms with Crippen LogP contribution in [0.25, 0.3) is 0 Å². The van der Waals surface area contributed by atoms with Gasteiger partial charge in [0.25, 0.3) is 0 Å². The number of ether oxygens (including phenoxy) is 2. The SMILES string of the molecule is CCOc1ccc(N(CCCC(=O)NCCc2ccc(OC)cc2)S(C)(=O)=O)cc1. The summed E-state index contributed by atoms with van der Waals surface area (Å²) in [4.78, 5) is 12.1. The summed E-state index contributed by atoms with van der Waals surface area (Å²) in [5, 5.41) is 2.88. The number of rotatable bonds is 12. The number of nitrogens with one attached hydrogen (secondary N) is 1. The summed E-state index contributed by atoms with van der Waals surface area (Å²) >= 11 is 0. The molecule has 0 spiro atoms. The highest BCUT2D eigenvalue weighted by molar-refractivity contribution is 7.92. The molecule has 0 radical (unpaired) electrons. The van der Waals surface area contributed by atoms with Crippen molar-refractivity contribution in [2.45, 2.75) is 26.2 Å². The molecule has 1 amide bonds. The lowest BCUT2D eigenvalue weighted by atomic mass is 10.1. The van der Waals surface area contributed by atoms with Gasteiger partial charge >= 0.3 is 0 Å². The van der Waals surface area contributed by atoms with E-state index in [2.05, 4.69) is 5.32 Å². The molecule has 2 aromatic rings. The lowest BCUT2D eigenvalue weighted by Crippen LogP contribution is -2.32. The third-order valence-electron chi connectivity index (χ3n) is 4.50. The van der Waals surface area contributed by atoms with Crippen LogP contribution in [0, 0.1) is 0 Å². The standard InChI is InChI=1S/C22H30N2O5S/c1-4-29-21-13-9-19(10-14-21)24(30(3,26)27)17-5-6-22(25)23-16-15-18-7-11-20(28-2)12-8-18/h7-14H,4-6,15-17H2,1-3H3,(H,23,25). The number of methoxy groups -OCH3 is 1. The molecule has 0 atom stereocenters. The Labute approximate surface area is 179 Å². The Hall–Kier alpha value is -2.74. The van der Waals surface area contributed by atoms with Crippen LogP contribution < -0.4 is 19.1 Å². The maximum atomic E-state index is 12.2. The lowest BCUT2D eigenvalue weighted by molar-refractivity contribution is -0.121. The van der Waals surface area contributed by atoms with E-state index in [1.807, 2.05) is 31.2 Å². The van der Waals surface area contributed by atoms with Crippen molar-refractivity contribution in [1.82, 2.24) is 5.32 Å². The number of hydrogen-bond donors (Lipinski definition) is 1. The Morgan fingerprint density at radius 3 is 2.23 bits per heavy atom. The smallest absolute Gasteiger partial charge is 0.232 e.